The lowest BCUT2D eigenvalue weighted by molar-refractivity contribution is 0.580. The number of rotatable bonds is 1. The van der Waals surface area contributed by atoms with Crippen LogP contribution in [0.25, 0.3) is 0 Å². The summed E-state index contributed by atoms with van der Waals surface area (Å²) in [6.45, 7) is 4.14. The van der Waals surface area contributed by atoms with E-state index in [1.807, 2.05) is 0 Å². The summed E-state index contributed by atoms with van der Waals surface area (Å²) in [6.07, 6.45) is 7.50. The predicted molar refractivity (Wildman–Crippen MR) is 62.0 cm³/mol. The van der Waals surface area contributed by atoms with Crippen molar-refractivity contribution in [2.45, 2.75) is 19.6 Å². The molecule has 0 aromatic carbocycles. The van der Waals surface area contributed by atoms with Crippen molar-refractivity contribution in [2.24, 2.45) is 4.99 Å². The molecule has 0 aromatic rings. The lowest BCUT2D eigenvalue weighted by atomic mass is 10.1. The molecule has 1 aliphatic carbocycles. The monoisotopic (exact) mass is 213 g/mol. The zero-order chi connectivity index (χ0) is 9.10. The van der Waals surface area contributed by atoms with Gasteiger partial charge in [-0.3, -0.25) is 15.6 Å². The summed E-state index contributed by atoms with van der Waals surface area (Å²) in [6, 6.07) is 0. The van der Waals surface area contributed by atoms with Crippen LogP contribution in [0.1, 0.15) is 13.3 Å². The molecular weight excluding hydrogens is 198 g/mol. The van der Waals surface area contributed by atoms with Crippen molar-refractivity contribution < 1.29 is 0 Å². The van der Waals surface area contributed by atoms with E-state index in [1.54, 1.807) is 0 Å². The third-order valence-corrected chi connectivity index (χ3v) is 2.27. The van der Waals surface area contributed by atoms with Crippen LogP contribution in [0.2, 0.25) is 0 Å². The highest BCUT2D eigenvalue weighted by molar-refractivity contribution is 5.97. The quantitative estimate of drug-likeness (QED) is 0.688. The van der Waals surface area contributed by atoms with Gasteiger partial charge in [-0.2, -0.15) is 0 Å². The molecule has 0 amide bonds. The molecule has 2 aliphatic rings. The van der Waals surface area contributed by atoms with Gasteiger partial charge >= 0.3 is 0 Å². The SMILES string of the molecule is CC1=CCC(=NC2NCCN2)C=C1.Cl. The minimum Gasteiger partial charge on any atom is -0.282 e. The Morgan fingerprint density at radius 1 is 1.29 bits per heavy atom. The Balaban J connectivity index is 0.000000980. The fourth-order valence-electron chi connectivity index (χ4n) is 1.47. The van der Waals surface area contributed by atoms with Crippen molar-refractivity contribution in [1.29, 1.82) is 0 Å². The zero-order valence-electron chi connectivity index (χ0n) is 8.29. The summed E-state index contributed by atoms with van der Waals surface area (Å²) in [5.41, 5.74) is 2.48. The Bertz CT molecular complexity index is 275. The van der Waals surface area contributed by atoms with Gasteiger partial charge < -0.3 is 0 Å². The van der Waals surface area contributed by atoms with Gasteiger partial charge in [0.2, 0.25) is 0 Å². The Kier molecular flexibility index (Phi) is 4.32. The van der Waals surface area contributed by atoms with Crippen LogP contribution < -0.4 is 10.6 Å². The second-order valence-corrected chi connectivity index (χ2v) is 3.42. The third-order valence-electron chi connectivity index (χ3n) is 2.27. The van der Waals surface area contributed by atoms with E-state index in [9.17, 15) is 0 Å². The Morgan fingerprint density at radius 3 is 2.57 bits per heavy atom. The van der Waals surface area contributed by atoms with Gasteiger partial charge in [-0.15, -0.1) is 12.4 Å². The largest absolute Gasteiger partial charge is 0.282 e. The molecule has 1 saturated heterocycles. The molecule has 3 nitrogen and oxygen atoms in total. The van der Waals surface area contributed by atoms with E-state index in [1.165, 1.54) is 5.57 Å². The number of halogens is 1. The van der Waals surface area contributed by atoms with Gasteiger partial charge in [-0.25, -0.2) is 0 Å². The van der Waals surface area contributed by atoms with Crippen LogP contribution in [-0.2, 0) is 0 Å². The summed E-state index contributed by atoms with van der Waals surface area (Å²) in [7, 11) is 0. The van der Waals surface area contributed by atoms with E-state index in [0.29, 0.717) is 0 Å². The van der Waals surface area contributed by atoms with Crippen LogP contribution in [0.15, 0.2) is 28.8 Å². The van der Waals surface area contributed by atoms with E-state index >= 15 is 0 Å². The smallest absolute Gasteiger partial charge is 0.153 e. The van der Waals surface area contributed by atoms with Crippen molar-refractivity contribution in [2.75, 3.05) is 13.1 Å². The molecule has 1 fully saturated rings. The van der Waals surface area contributed by atoms with Gasteiger partial charge in [0.05, 0.1) is 0 Å². The van der Waals surface area contributed by atoms with Crippen molar-refractivity contribution in [3.8, 4) is 0 Å². The fourth-order valence-corrected chi connectivity index (χ4v) is 1.47. The highest BCUT2D eigenvalue weighted by atomic mass is 35.5. The maximum atomic E-state index is 4.53. The highest BCUT2D eigenvalue weighted by Gasteiger charge is 2.11. The van der Waals surface area contributed by atoms with Crippen molar-refractivity contribution in [3.05, 3.63) is 23.8 Å². The van der Waals surface area contributed by atoms with Crippen molar-refractivity contribution in [3.63, 3.8) is 0 Å². The Labute approximate surface area is 90.8 Å². The van der Waals surface area contributed by atoms with Gasteiger partial charge in [0.25, 0.3) is 0 Å². The highest BCUT2D eigenvalue weighted by Crippen LogP contribution is 2.07. The number of nitrogens with one attached hydrogen (secondary N) is 2. The molecule has 0 radical (unpaired) electrons. The molecule has 2 rings (SSSR count). The molecule has 1 heterocycles. The normalized spacial score (nSPS) is 24.9. The maximum absolute atomic E-state index is 4.53. The van der Waals surface area contributed by atoms with E-state index < -0.39 is 0 Å². The van der Waals surface area contributed by atoms with E-state index in [4.69, 9.17) is 0 Å². The Morgan fingerprint density at radius 2 is 2.00 bits per heavy atom. The average Bonchev–Trinajstić information content (AvgIpc) is 2.62. The number of nitrogens with zero attached hydrogens (tertiary/aromatic N) is 1. The minimum atomic E-state index is 0. The summed E-state index contributed by atoms with van der Waals surface area (Å²) in [5.74, 6) is 0. The Hall–Kier alpha value is -0.640. The van der Waals surface area contributed by atoms with E-state index in [2.05, 4.69) is 40.8 Å². The number of aliphatic imine (C=N–C) groups is 1. The van der Waals surface area contributed by atoms with Crippen LogP contribution in [0, 0.1) is 0 Å². The topological polar surface area (TPSA) is 36.4 Å². The number of hydrogen-bond donors (Lipinski definition) is 2. The lowest BCUT2D eigenvalue weighted by Crippen LogP contribution is -2.29. The molecule has 0 unspecified atom stereocenters. The van der Waals surface area contributed by atoms with Gasteiger partial charge in [0.1, 0.15) is 0 Å². The molecule has 0 saturated carbocycles. The summed E-state index contributed by atoms with van der Waals surface area (Å²) in [4.78, 5) is 4.53. The first kappa shape index (κ1) is 11.4. The van der Waals surface area contributed by atoms with Crippen LogP contribution in [0.5, 0.6) is 0 Å². The number of hydrogen-bond acceptors (Lipinski definition) is 3. The van der Waals surface area contributed by atoms with Gasteiger partial charge in [0.15, 0.2) is 6.29 Å². The first-order valence-corrected chi connectivity index (χ1v) is 4.73. The molecule has 0 bridgehead atoms. The molecule has 0 aromatic heterocycles. The molecular formula is C10H16ClN3. The minimum absolute atomic E-state index is 0. The van der Waals surface area contributed by atoms with Gasteiger partial charge in [0, 0.05) is 25.2 Å². The molecule has 1 aliphatic heterocycles. The van der Waals surface area contributed by atoms with Crippen molar-refractivity contribution in [1.82, 2.24) is 10.6 Å². The van der Waals surface area contributed by atoms with Crippen LogP contribution >= 0.6 is 12.4 Å². The van der Waals surface area contributed by atoms with E-state index in [-0.39, 0.29) is 18.7 Å². The molecule has 0 spiro atoms. The van der Waals surface area contributed by atoms with Crippen LogP contribution in [0.4, 0.5) is 0 Å². The van der Waals surface area contributed by atoms with Gasteiger partial charge in [-0.05, 0) is 13.0 Å². The molecule has 4 heteroatoms. The molecule has 0 atom stereocenters. The van der Waals surface area contributed by atoms with Gasteiger partial charge in [-0.1, -0.05) is 17.7 Å². The fraction of sp³-hybridized carbons (Fsp3) is 0.500. The molecule has 78 valence electrons. The zero-order valence-corrected chi connectivity index (χ0v) is 9.10. The summed E-state index contributed by atoms with van der Waals surface area (Å²) >= 11 is 0. The van der Waals surface area contributed by atoms with Crippen LogP contribution in [-0.4, -0.2) is 25.1 Å². The van der Waals surface area contributed by atoms with Crippen LogP contribution in [0.3, 0.4) is 0 Å². The second kappa shape index (κ2) is 5.29. The number of allylic oxidation sites excluding steroid dienone is 4. The molecule has 2 N–H and O–H groups in total. The summed E-state index contributed by atoms with van der Waals surface area (Å²) in [5, 5.41) is 6.52. The predicted octanol–water partition coefficient (Wildman–Crippen LogP) is 1.23. The first-order chi connectivity index (χ1) is 6.34. The summed E-state index contributed by atoms with van der Waals surface area (Å²) < 4.78 is 0. The first-order valence-electron chi connectivity index (χ1n) is 4.73. The van der Waals surface area contributed by atoms with E-state index in [0.717, 1.165) is 25.2 Å². The second-order valence-electron chi connectivity index (χ2n) is 3.42. The van der Waals surface area contributed by atoms with Crippen molar-refractivity contribution >= 4 is 18.1 Å². The average molecular weight is 214 g/mol. The molecule has 14 heavy (non-hydrogen) atoms. The third kappa shape index (κ3) is 2.94. The maximum Gasteiger partial charge on any atom is 0.153 e. The lowest BCUT2D eigenvalue weighted by Gasteiger charge is -2.09. The standard InChI is InChI=1S/C10H15N3.ClH/c1-8-2-4-9(5-3-8)13-10-11-6-7-12-10;/h2-4,10-12H,5-7H2,1H3;1H.